The molecule has 0 unspecified atom stereocenters. The zero-order valence-electron chi connectivity index (χ0n) is 29.8. The maximum Gasteiger partial charge on any atom is 0.187 e. The van der Waals surface area contributed by atoms with Gasteiger partial charge in [-0.05, 0) is 36.1 Å². The van der Waals surface area contributed by atoms with Crippen molar-refractivity contribution in [1.29, 1.82) is 0 Å². The summed E-state index contributed by atoms with van der Waals surface area (Å²) in [5.74, 6) is -0.970. The molecular weight excluding hydrogens is 664 g/mol. The van der Waals surface area contributed by atoms with Crippen LogP contribution in [0.15, 0.2) is 121 Å². The van der Waals surface area contributed by atoms with Crippen LogP contribution in [0.4, 0.5) is 0 Å². The average molecular weight is 715 g/mol. The molecule has 2 N–H and O–H groups in total. The van der Waals surface area contributed by atoms with Gasteiger partial charge in [0.1, 0.15) is 42.7 Å². The molecule has 0 radical (unpaired) electrons. The van der Waals surface area contributed by atoms with E-state index < -0.39 is 54.8 Å². The van der Waals surface area contributed by atoms with Crippen molar-refractivity contribution >= 4 is 0 Å². The molecule has 4 aromatic rings. The maximum atomic E-state index is 11.3. The first-order valence-electron chi connectivity index (χ1n) is 17.9. The smallest absolute Gasteiger partial charge is 0.187 e. The number of aliphatic hydroxyl groups excluding tert-OH is 2. The highest BCUT2D eigenvalue weighted by atomic mass is 16.8. The maximum absolute atomic E-state index is 11.3. The standard InChI is InChI=1S/C42H50O10/c1-42(2)51-35(23-43)37(52-42)34(44)28-49-41-40(48-27-33-21-13-6-14-22-33)39(47-26-32-19-11-5-12-20-32)38(46-25-31-17-9-4-10-18-31)36(50-41)29-45-24-30-15-7-3-8-16-30/h3-22,34-41,43-44H,23-29H2,1-2H3/t34-,35-,36-,37+,38+,39+,40-,41+/m1/s1. The lowest BCUT2D eigenvalue weighted by atomic mass is 9.97. The molecule has 0 saturated carbocycles. The molecule has 52 heavy (non-hydrogen) atoms. The van der Waals surface area contributed by atoms with Crippen LogP contribution in [-0.4, -0.2) is 84.8 Å². The summed E-state index contributed by atoms with van der Waals surface area (Å²) in [6, 6.07) is 39.6. The molecular formula is C42H50O10. The lowest BCUT2D eigenvalue weighted by Gasteiger charge is -2.46. The molecule has 0 aromatic heterocycles. The van der Waals surface area contributed by atoms with Gasteiger partial charge in [0.2, 0.25) is 0 Å². The van der Waals surface area contributed by atoms with Crippen molar-refractivity contribution < 1.29 is 48.1 Å². The number of benzene rings is 4. The molecule has 10 nitrogen and oxygen atoms in total. The summed E-state index contributed by atoms with van der Waals surface area (Å²) in [6.07, 6.45) is -6.40. The van der Waals surface area contributed by atoms with E-state index in [2.05, 4.69) is 0 Å². The fourth-order valence-electron chi connectivity index (χ4n) is 6.50. The summed E-state index contributed by atoms with van der Waals surface area (Å²) in [4.78, 5) is 0. The van der Waals surface area contributed by atoms with E-state index in [1.54, 1.807) is 13.8 Å². The third kappa shape index (κ3) is 10.8. The van der Waals surface area contributed by atoms with Gasteiger partial charge in [-0.1, -0.05) is 121 Å². The first kappa shape index (κ1) is 38.2. The second-order valence-corrected chi connectivity index (χ2v) is 13.5. The van der Waals surface area contributed by atoms with Gasteiger partial charge in [-0.3, -0.25) is 0 Å². The van der Waals surface area contributed by atoms with Crippen molar-refractivity contribution in [2.45, 2.75) is 95.1 Å². The summed E-state index contributed by atoms with van der Waals surface area (Å²) >= 11 is 0. The molecule has 2 fully saturated rings. The zero-order chi connectivity index (χ0) is 36.2. The summed E-state index contributed by atoms with van der Waals surface area (Å²) in [6.45, 7) is 4.38. The van der Waals surface area contributed by atoms with Gasteiger partial charge in [0.05, 0.1) is 46.2 Å². The average Bonchev–Trinajstić information content (AvgIpc) is 3.51. The predicted molar refractivity (Wildman–Crippen MR) is 193 cm³/mol. The van der Waals surface area contributed by atoms with E-state index in [4.69, 9.17) is 37.9 Å². The van der Waals surface area contributed by atoms with Crippen molar-refractivity contribution in [3.63, 3.8) is 0 Å². The SMILES string of the molecule is CC1(C)O[C@@H]([C@H](O)CO[C@H]2O[C@H](COCc3ccccc3)[C@H](OCc3ccccc3)[C@H](OCc3ccccc3)[C@H]2OCc2ccccc2)[C@@H](CO)O1. The van der Waals surface area contributed by atoms with Gasteiger partial charge in [-0.25, -0.2) is 0 Å². The van der Waals surface area contributed by atoms with E-state index >= 15 is 0 Å². The van der Waals surface area contributed by atoms with Crippen LogP contribution in [0.1, 0.15) is 36.1 Å². The van der Waals surface area contributed by atoms with E-state index in [1.807, 2.05) is 121 Å². The summed E-state index contributed by atoms with van der Waals surface area (Å²) in [7, 11) is 0. The zero-order valence-corrected chi connectivity index (χ0v) is 29.8. The minimum absolute atomic E-state index is 0.174. The monoisotopic (exact) mass is 714 g/mol. The molecule has 6 rings (SSSR count). The van der Waals surface area contributed by atoms with Gasteiger partial charge in [-0.2, -0.15) is 0 Å². The second kappa shape index (κ2) is 19.0. The number of aliphatic hydroxyl groups is 2. The highest BCUT2D eigenvalue weighted by molar-refractivity contribution is 5.16. The Morgan fingerprint density at radius 1 is 0.577 bits per heavy atom. The number of hydrogen-bond acceptors (Lipinski definition) is 10. The molecule has 8 atom stereocenters. The topological polar surface area (TPSA) is 114 Å². The Morgan fingerprint density at radius 2 is 1.04 bits per heavy atom. The molecule has 0 spiro atoms. The van der Waals surface area contributed by atoms with Gasteiger partial charge in [0.25, 0.3) is 0 Å². The Hall–Kier alpha value is -3.52. The van der Waals surface area contributed by atoms with Crippen LogP contribution in [0.3, 0.4) is 0 Å². The van der Waals surface area contributed by atoms with E-state index in [1.165, 1.54) is 0 Å². The highest BCUT2D eigenvalue weighted by Crippen LogP contribution is 2.33. The highest BCUT2D eigenvalue weighted by Gasteiger charge is 2.50. The van der Waals surface area contributed by atoms with Gasteiger partial charge < -0.3 is 48.1 Å². The molecule has 278 valence electrons. The van der Waals surface area contributed by atoms with E-state index in [9.17, 15) is 10.2 Å². The van der Waals surface area contributed by atoms with Crippen LogP contribution in [0, 0.1) is 0 Å². The normalized spacial score (nSPS) is 26.3. The fraction of sp³-hybridized carbons (Fsp3) is 0.429. The molecule has 0 bridgehead atoms. The number of rotatable bonds is 18. The molecule has 10 heteroatoms. The quantitative estimate of drug-likeness (QED) is 0.136. The second-order valence-electron chi connectivity index (χ2n) is 13.5. The van der Waals surface area contributed by atoms with Gasteiger partial charge in [0, 0.05) is 0 Å². The number of ether oxygens (including phenoxy) is 8. The molecule has 2 aliphatic heterocycles. The largest absolute Gasteiger partial charge is 0.394 e. The lowest BCUT2D eigenvalue weighted by molar-refractivity contribution is -0.332. The van der Waals surface area contributed by atoms with E-state index in [-0.39, 0.29) is 33.0 Å². The van der Waals surface area contributed by atoms with Gasteiger partial charge >= 0.3 is 0 Å². The lowest BCUT2D eigenvalue weighted by Crippen LogP contribution is -2.62. The van der Waals surface area contributed by atoms with Crippen molar-refractivity contribution in [3.05, 3.63) is 144 Å². The van der Waals surface area contributed by atoms with Crippen molar-refractivity contribution in [1.82, 2.24) is 0 Å². The molecule has 2 aliphatic rings. The first-order valence-corrected chi connectivity index (χ1v) is 17.9. The minimum atomic E-state index is -1.14. The van der Waals surface area contributed by atoms with Crippen LogP contribution in [0.25, 0.3) is 0 Å². The minimum Gasteiger partial charge on any atom is -0.394 e. The van der Waals surface area contributed by atoms with Gasteiger partial charge in [-0.15, -0.1) is 0 Å². The Balaban J connectivity index is 1.28. The Morgan fingerprint density at radius 3 is 1.54 bits per heavy atom. The molecule has 2 saturated heterocycles. The Bertz CT molecular complexity index is 1580. The molecule has 0 amide bonds. The van der Waals surface area contributed by atoms with Crippen LogP contribution in [-0.2, 0) is 64.3 Å². The van der Waals surface area contributed by atoms with Crippen LogP contribution < -0.4 is 0 Å². The predicted octanol–water partition coefficient (Wildman–Crippen LogP) is 5.57. The van der Waals surface area contributed by atoms with E-state index in [0.29, 0.717) is 13.2 Å². The summed E-state index contributed by atoms with van der Waals surface area (Å²) in [5, 5.41) is 21.3. The van der Waals surface area contributed by atoms with Crippen LogP contribution in [0.2, 0.25) is 0 Å². The third-order valence-corrected chi connectivity index (χ3v) is 9.05. The molecule has 2 heterocycles. The van der Waals surface area contributed by atoms with Crippen molar-refractivity contribution in [3.8, 4) is 0 Å². The third-order valence-electron chi connectivity index (χ3n) is 9.05. The summed E-state index contributed by atoms with van der Waals surface area (Å²) in [5.41, 5.74) is 3.97. The first-order chi connectivity index (χ1) is 25.4. The Kier molecular flexibility index (Phi) is 14.0. The molecule has 4 aromatic carbocycles. The summed E-state index contributed by atoms with van der Waals surface area (Å²) < 4.78 is 51.2. The number of hydrogen-bond donors (Lipinski definition) is 2. The molecule has 0 aliphatic carbocycles. The van der Waals surface area contributed by atoms with E-state index in [0.717, 1.165) is 22.3 Å². The van der Waals surface area contributed by atoms with Gasteiger partial charge in [0.15, 0.2) is 12.1 Å². The van der Waals surface area contributed by atoms with Crippen LogP contribution in [0.5, 0.6) is 0 Å². The Labute approximate surface area is 306 Å². The van der Waals surface area contributed by atoms with Crippen molar-refractivity contribution in [2.75, 3.05) is 19.8 Å². The fourth-order valence-corrected chi connectivity index (χ4v) is 6.50. The van der Waals surface area contributed by atoms with Crippen molar-refractivity contribution in [2.24, 2.45) is 0 Å². The van der Waals surface area contributed by atoms with Crippen LogP contribution >= 0.6 is 0 Å².